The molecule has 1 heterocycles. The summed E-state index contributed by atoms with van der Waals surface area (Å²) in [5.74, 6) is -0.359. The molecule has 0 aliphatic carbocycles. The molecule has 0 aromatic heterocycles. The van der Waals surface area contributed by atoms with Crippen LogP contribution in [0, 0.1) is 0 Å². The van der Waals surface area contributed by atoms with Gasteiger partial charge in [-0.05, 0) is 32.0 Å². The highest BCUT2D eigenvalue weighted by molar-refractivity contribution is 7.38. The number of esters is 1. The van der Waals surface area contributed by atoms with Crippen molar-refractivity contribution in [1.29, 1.82) is 0 Å². The van der Waals surface area contributed by atoms with Crippen molar-refractivity contribution in [3.05, 3.63) is 48.6 Å². The van der Waals surface area contributed by atoms with E-state index in [2.05, 4.69) is 67.8 Å². The molecule has 1 aliphatic rings. The van der Waals surface area contributed by atoms with Gasteiger partial charge in [-0.1, -0.05) is 56.0 Å². The lowest BCUT2D eigenvalue weighted by Gasteiger charge is -2.45. The second kappa shape index (κ2) is 8.61. The Morgan fingerprint density at radius 3 is 2.35 bits per heavy atom. The van der Waals surface area contributed by atoms with E-state index >= 15 is 0 Å². The van der Waals surface area contributed by atoms with Crippen LogP contribution in [-0.2, 0) is 14.0 Å². The topological polar surface area (TPSA) is 35.5 Å². The summed E-state index contributed by atoms with van der Waals surface area (Å²) in [7, 11) is -2.50. The van der Waals surface area contributed by atoms with Gasteiger partial charge in [0.05, 0.1) is 20.3 Å². The number of benzene rings is 1. The van der Waals surface area contributed by atoms with Crippen molar-refractivity contribution in [2.75, 3.05) is 6.61 Å². The molecule has 1 aliphatic heterocycles. The van der Waals surface area contributed by atoms with E-state index < -0.39 is 15.4 Å². The minimum atomic E-state index is -1.43. The zero-order chi connectivity index (χ0) is 17.5. The summed E-state index contributed by atoms with van der Waals surface area (Å²) in [6.45, 7) is 15.2. The first-order valence-corrected chi connectivity index (χ1v) is 15.4. The van der Waals surface area contributed by atoms with E-state index in [0.717, 1.165) is 6.08 Å². The van der Waals surface area contributed by atoms with Gasteiger partial charge in [0.2, 0.25) is 0 Å². The van der Waals surface area contributed by atoms with Gasteiger partial charge in [-0.15, -0.1) is 0 Å². The average Bonchev–Trinajstić information content (AvgIpc) is 2.52. The van der Waals surface area contributed by atoms with Gasteiger partial charge in [-0.3, -0.25) is 0 Å². The zero-order valence-corrected chi connectivity index (χ0v) is 17.1. The van der Waals surface area contributed by atoms with Crippen LogP contribution in [0.5, 0.6) is 0 Å². The molecular weight excluding hydrogens is 320 g/mol. The third-order valence-corrected chi connectivity index (χ3v) is 21.3. The Morgan fingerprint density at radius 1 is 1.30 bits per heavy atom. The quantitative estimate of drug-likeness (QED) is 0.443. The first-order valence-electron chi connectivity index (χ1n) is 8.25. The van der Waals surface area contributed by atoms with Crippen LogP contribution in [0.2, 0.25) is 32.2 Å². The van der Waals surface area contributed by atoms with Gasteiger partial charge in [0.25, 0.3) is 0 Å². The molecule has 1 unspecified atom stereocenters. The number of carbonyl (C=O) groups excluding carboxylic acids is 1. The van der Waals surface area contributed by atoms with Crippen LogP contribution >= 0.6 is 0 Å². The SMILES string of the molecule is C=CC(=O)OCC.C[Si]1(C)CCC(c2ccccc2)O[Si]1(C)C. The van der Waals surface area contributed by atoms with Crippen molar-refractivity contribution in [1.82, 2.24) is 0 Å². The minimum Gasteiger partial charge on any atom is -0.463 e. The summed E-state index contributed by atoms with van der Waals surface area (Å²) in [6.07, 6.45) is 2.73. The molecule has 1 atom stereocenters. The van der Waals surface area contributed by atoms with E-state index in [4.69, 9.17) is 4.43 Å². The van der Waals surface area contributed by atoms with E-state index in [0.29, 0.717) is 12.7 Å². The van der Waals surface area contributed by atoms with E-state index in [1.165, 1.54) is 18.0 Å². The molecule has 1 saturated heterocycles. The normalized spacial score (nSPS) is 21.5. The Hall–Kier alpha value is -1.18. The second-order valence-electron chi connectivity index (χ2n) is 6.91. The molecule has 0 amide bonds. The molecule has 0 spiro atoms. The van der Waals surface area contributed by atoms with Crippen molar-refractivity contribution < 1.29 is 14.0 Å². The molecule has 1 aromatic rings. The van der Waals surface area contributed by atoms with Crippen LogP contribution in [-0.4, -0.2) is 28.0 Å². The summed E-state index contributed by atoms with van der Waals surface area (Å²) in [6, 6.07) is 12.1. The third-order valence-electron chi connectivity index (χ3n) is 4.72. The summed E-state index contributed by atoms with van der Waals surface area (Å²) in [5.41, 5.74) is 1.37. The van der Waals surface area contributed by atoms with Crippen molar-refractivity contribution in [3.63, 3.8) is 0 Å². The molecule has 0 N–H and O–H groups in total. The lowest BCUT2D eigenvalue weighted by Crippen LogP contribution is -2.60. The Bertz CT molecular complexity index is 512. The van der Waals surface area contributed by atoms with E-state index in [1.54, 1.807) is 6.92 Å². The van der Waals surface area contributed by atoms with E-state index in [9.17, 15) is 4.79 Å². The van der Waals surface area contributed by atoms with Crippen LogP contribution < -0.4 is 0 Å². The fourth-order valence-corrected chi connectivity index (χ4v) is 8.96. The standard InChI is InChI=1S/C13H22OSi2.C5H8O2/c1-15(2)11-10-13(14-16(15,3)4)12-8-6-5-7-9-12;1-3-5(6)7-4-2/h5-9,13H,10-11H2,1-4H3;3H,1,4H2,2H3. The maximum atomic E-state index is 10.1. The maximum Gasteiger partial charge on any atom is 0.330 e. The minimum absolute atomic E-state index is 0.359. The number of carbonyl (C=O) groups is 1. The first-order chi connectivity index (χ1) is 10.7. The summed E-state index contributed by atoms with van der Waals surface area (Å²) >= 11 is 0. The molecule has 23 heavy (non-hydrogen) atoms. The fourth-order valence-electron chi connectivity index (χ4n) is 2.47. The van der Waals surface area contributed by atoms with Gasteiger partial charge in [0, 0.05) is 6.08 Å². The van der Waals surface area contributed by atoms with Gasteiger partial charge < -0.3 is 9.16 Å². The number of hydrogen-bond acceptors (Lipinski definition) is 3. The lowest BCUT2D eigenvalue weighted by atomic mass is 10.1. The molecule has 2 rings (SSSR count). The predicted octanol–water partition coefficient (Wildman–Crippen LogP) is 4.88. The summed E-state index contributed by atoms with van der Waals surface area (Å²) in [4.78, 5) is 10.1. The molecule has 1 fully saturated rings. The number of ether oxygens (including phenoxy) is 1. The van der Waals surface area contributed by atoms with Gasteiger partial charge in [-0.25, -0.2) is 4.79 Å². The second-order valence-corrected chi connectivity index (χ2v) is 22.1. The highest BCUT2D eigenvalue weighted by Crippen LogP contribution is 2.39. The van der Waals surface area contributed by atoms with E-state index in [1.807, 2.05) is 0 Å². The Kier molecular flexibility index (Phi) is 7.44. The first kappa shape index (κ1) is 19.9. The zero-order valence-electron chi connectivity index (χ0n) is 15.1. The highest BCUT2D eigenvalue weighted by atomic mass is 29.3. The maximum absolute atomic E-state index is 10.1. The largest absolute Gasteiger partial charge is 0.463 e. The van der Waals surface area contributed by atoms with Crippen molar-refractivity contribution in [2.45, 2.75) is 51.7 Å². The fraction of sp³-hybridized carbons (Fsp3) is 0.500. The van der Waals surface area contributed by atoms with Crippen molar-refractivity contribution >= 4 is 21.4 Å². The molecule has 0 bridgehead atoms. The monoisotopic (exact) mass is 350 g/mol. The molecule has 0 saturated carbocycles. The van der Waals surface area contributed by atoms with Crippen LogP contribution in [0.15, 0.2) is 43.0 Å². The molecule has 128 valence electrons. The Morgan fingerprint density at radius 2 is 1.91 bits per heavy atom. The van der Waals surface area contributed by atoms with E-state index in [-0.39, 0.29) is 5.97 Å². The van der Waals surface area contributed by atoms with Crippen molar-refractivity contribution in [2.24, 2.45) is 0 Å². The van der Waals surface area contributed by atoms with Gasteiger partial charge in [0.15, 0.2) is 7.83 Å². The smallest absolute Gasteiger partial charge is 0.330 e. The molecular formula is C18H30O3Si2. The van der Waals surface area contributed by atoms with Crippen LogP contribution in [0.4, 0.5) is 0 Å². The average molecular weight is 351 g/mol. The molecule has 3 nitrogen and oxygen atoms in total. The van der Waals surface area contributed by atoms with Gasteiger partial charge in [-0.2, -0.15) is 0 Å². The molecule has 5 heteroatoms. The Balaban J connectivity index is 0.000000322. The van der Waals surface area contributed by atoms with Crippen LogP contribution in [0.3, 0.4) is 0 Å². The third kappa shape index (κ3) is 5.75. The number of rotatable bonds is 3. The Labute approximate surface area is 142 Å². The number of hydrogen-bond donors (Lipinski definition) is 0. The predicted molar refractivity (Wildman–Crippen MR) is 101 cm³/mol. The molecule has 1 aromatic carbocycles. The summed E-state index contributed by atoms with van der Waals surface area (Å²) < 4.78 is 10.9. The van der Waals surface area contributed by atoms with Gasteiger partial charge in [0.1, 0.15) is 0 Å². The summed E-state index contributed by atoms with van der Waals surface area (Å²) in [5, 5.41) is 0. The van der Waals surface area contributed by atoms with Crippen LogP contribution in [0.1, 0.15) is 25.0 Å². The van der Waals surface area contributed by atoms with Crippen molar-refractivity contribution in [3.8, 4) is 0 Å². The highest BCUT2D eigenvalue weighted by Gasteiger charge is 2.47. The lowest BCUT2D eigenvalue weighted by molar-refractivity contribution is -0.137. The van der Waals surface area contributed by atoms with Crippen LogP contribution in [0.25, 0.3) is 0 Å². The molecule has 0 radical (unpaired) electrons. The van der Waals surface area contributed by atoms with Gasteiger partial charge >= 0.3 is 5.97 Å².